The van der Waals surface area contributed by atoms with Gasteiger partial charge in [-0.15, -0.1) is 28.3 Å². The van der Waals surface area contributed by atoms with Crippen molar-refractivity contribution >= 4 is 38.5 Å². The second-order valence-corrected chi connectivity index (χ2v) is 3.54. The van der Waals surface area contributed by atoms with E-state index < -0.39 is 0 Å². The maximum Gasteiger partial charge on any atom is 0.0935 e. The Labute approximate surface area is 86.2 Å². The number of rotatable bonds is 1. The fourth-order valence-corrected chi connectivity index (χ4v) is 1.98. The molecule has 0 saturated carbocycles. The first kappa shape index (κ1) is 9.68. The summed E-state index contributed by atoms with van der Waals surface area (Å²) in [7, 11) is 0. The number of para-hydroxylation sites is 1. The summed E-state index contributed by atoms with van der Waals surface area (Å²) in [6.45, 7) is 2.14. The number of thiazole rings is 1. The molecule has 0 bridgehead atoms. The molecule has 0 fully saturated rings. The highest BCUT2D eigenvalue weighted by Gasteiger charge is 1.98. The first-order chi connectivity index (χ1) is 5.40. The Morgan fingerprint density at radius 3 is 2.75 bits per heavy atom. The zero-order valence-electron chi connectivity index (χ0n) is 6.78. The van der Waals surface area contributed by atoms with Crippen molar-refractivity contribution in [2.24, 2.45) is 0 Å². The van der Waals surface area contributed by atoms with E-state index in [0.29, 0.717) is 0 Å². The Kier molecular flexibility index (Phi) is 3.23. The van der Waals surface area contributed by atoms with Crippen LogP contribution >= 0.6 is 28.3 Å². The molecular formula is C9H10BrNS. The lowest BCUT2D eigenvalue weighted by Gasteiger charge is -1.80. The third-order valence-electron chi connectivity index (χ3n) is 1.64. The standard InChI is InChI=1S/C9H9NS.BrH/c1-2-9-10-7-5-3-4-6-8(7)11-9;/h3-6H,2H2,1H3;1H. The highest BCUT2D eigenvalue weighted by atomic mass is 79.9. The molecule has 1 aromatic carbocycles. The molecule has 0 aliphatic rings. The average Bonchev–Trinajstić information content (AvgIpc) is 2.46. The zero-order valence-corrected chi connectivity index (χ0v) is 9.31. The molecule has 0 radical (unpaired) electrons. The topological polar surface area (TPSA) is 12.9 Å². The van der Waals surface area contributed by atoms with E-state index in [1.165, 1.54) is 9.71 Å². The molecule has 0 N–H and O–H groups in total. The van der Waals surface area contributed by atoms with Crippen LogP contribution in [0.1, 0.15) is 11.9 Å². The second kappa shape index (κ2) is 4.01. The summed E-state index contributed by atoms with van der Waals surface area (Å²) < 4.78 is 1.30. The fraction of sp³-hybridized carbons (Fsp3) is 0.222. The van der Waals surface area contributed by atoms with Crippen molar-refractivity contribution in [2.75, 3.05) is 0 Å². The monoisotopic (exact) mass is 243 g/mol. The van der Waals surface area contributed by atoms with E-state index in [9.17, 15) is 0 Å². The number of aryl methyl sites for hydroxylation is 1. The van der Waals surface area contributed by atoms with E-state index >= 15 is 0 Å². The minimum atomic E-state index is 0. The molecule has 1 nitrogen and oxygen atoms in total. The van der Waals surface area contributed by atoms with Gasteiger partial charge in [0.15, 0.2) is 0 Å². The Balaban J connectivity index is 0.000000720. The first-order valence-corrected chi connectivity index (χ1v) is 4.56. The van der Waals surface area contributed by atoms with Gasteiger partial charge in [0.25, 0.3) is 0 Å². The van der Waals surface area contributed by atoms with Crippen LogP contribution in [0, 0.1) is 0 Å². The van der Waals surface area contributed by atoms with Crippen molar-refractivity contribution in [2.45, 2.75) is 13.3 Å². The normalized spacial score (nSPS) is 9.75. The molecule has 0 unspecified atom stereocenters. The van der Waals surface area contributed by atoms with Gasteiger partial charge < -0.3 is 0 Å². The predicted molar refractivity (Wildman–Crippen MR) is 59.3 cm³/mol. The third-order valence-corrected chi connectivity index (χ3v) is 2.82. The van der Waals surface area contributed by atoms with Crippen molar-refractivity contribution in [3.05, 3.63) is 29.3 Å². The van der Waals surface area contributed by atoms with Crippen LogP contribution in [0.4, 0.5) is 0 Å². The number of aromatic nitrogens is 1. The Morgan fingerprint density at radius 2 is 2.08 bits per heavy atom. The molecule has 2 aromatic rings. The van der Waals surface area contributed by atoms with E-state index in [4.69, 9.17) is 0 Å². The molecule has 12 heavy (non-hydrogen) atoms. The van der Waals surface area contributed by atoms with Gasteiger partial charge in [-0.3, -0.25) is 0 Å². The lowest BCUT2D eigenvalue weighted by Crippen LogP contribution is -1.73. The van der Waals surface area contributed by atoms with Crippen molar-refractivity contribution < 1.29 is 0 Å². The molecule has 64 valence electrons. The van der Waals surface area contributed by atoms with Gasteiger partial charge in [-0.25, -0.2) is 4.98 Å². The minimum Gasteiger partial charge on any atom is -0.241 e. The number of benzene rings is 1. The zero-order chi connectivity index (χ0) is 7.68. The number of fused-ring (bicyclic) bond motifs is 1. The summed E-state index contributed by atoms with van der Waals surface area (Å²) in [6, 6.07) is 8.26. The molecule has 2 rings (SSSR count). The molecule has 0 saturated heterocycles. The number of hydrogen-bond donors (Lipinski definition) is 0. The molecule has 0 aliphatic heterocycles. The fourth-order valence-electron chi connectivity index (χ4n) is 1.07. The molecule has 0 atom stereocenters. The van der Waals surface area contributed by atoms with Gasteiger partial charge in [-0.1, -0.05) is 19.1 Å². The maximum atomic E-state index is 4.45. The maximum absolute atomic E-state index is 4.45. The summed E-state index contributed by atoms with van der Waals surface area (Å²) in [5.74, 6) is 0. The van der Waals surface area contributed by atoms with Crippen LogP contribution in [0.5, 0.6) is 0 Å². The molecule has 1 aromatic heterocycles. The highest BCUT2D eigenvalue weighted by molar-refractivity contribution is 8.93. The quantitative estimate of drug-likeness (QED) is 0.748. The number of hydrogen-bond acceptors (Lipinski definition) is 2. The van der Waals surface area contributed by atoms with Gasteiger partial charge in [-0.2, -0.15) is 0 Å². The Bertz CT molecular complexity index is 336. The van der Waals surface area contributed by atoms with Crippen molar-refractivity contribution in [1.82, 2.24) is 4.98 Å². The second-order valence-electron chi connectivity index (χ2n) is 2.43. The van der Waals surface area contributed by atoms with Gasteiger partial charge in [0.1, 0.15) is 0 Å². The smallest absolute Gasteiger partial charge is 0.0935 e. The molecule has 3 heteroatoms. The van der Waals surface area contributed by atoms with Crippen LogP contribution in [0.15, 0.2) is 24.3 Å². The number of nitrogens with zero attached hydrogens (tertiary/aromatic N) is 1. The lowest BCUT2D eigenvalue weighted by molar-refractivity contribution is 1.11. The summed E-state index contributed by atoms with van der Waals surface area (Å²) in [5, 5.41) is 1.23. The summed E-state index contributed by atoms with van der Waals surface area (Å²) in [5.41, 5.74) is 1.13. The van der Waals surface area contributed by atoms with Gasteiger partial charge in [-0.05, 0) is 18.6 Å². The minimum absolute atomic E-state index is 0. The van der Waals surface area contributed by atoms with Crippen LogP contribution in [0.2, 0.25) is 0 Å². The van der Waals surface area contributed by atoms with Gasteiger partial charge in [0.2, 0.25) is 0 Å². The van der Waals surface area contributed by atoms with Gasteiger partial charge >= 0.3 is 0 Å². The Hall–Kier alpha value is -0.410. The highest BCUT2D eigenvalue weighted by Crippen LogP contribution is 2.21. The van der Waals surface area contributed by atoms with Crippen molar-refractivity contribution in [1.29, 1.82) is 0 Å². The molecule has 1 heterocycles. The number of halogens is 1. The lowest BCUT2D eigenvalue weighted by atomic mass is 10.3. The van der Waals surface area contributed by atoms with E-state index in [-0.39, 0.29) is 17.0 Å². The van der Waals surface area contributed by atoms with Gasteiger partial charge in [0.05, 0.1) is 15.2 Å². The van der Waals surface area contributed by atoms with Crippen molar-refractivity contribution in [3.8, 4) is 0 Å². The van der Waals surface area contributed by atoms with Gasteiger partial charge in [0, 0.05) is 0 Å². The largest absolute Gasteiger partial charge is 0.241 e. The molecule has 0 aliphatic carbocycles. The van der Waals surface area contributed by atoms with Crippen LogP contribution in [0.25, 0.3) is 10.2 Å². The van der Waals surface area contributed by atoms with Crippen LogP contribution < -0.4 is 0 Å². The molecule has 0 amide bonds. The Morgan fingerprint density at radius 1 is 1.33 bits per heavy atom. The van der Waals surface area contributed by atoms with E-state index in [2.05, 4.69) is 30.1 Å². The molecule has 0 spiro atoms. The van der Waals surface area contributed by atoms with Crippen LogP contribution in [-0.4, -0.2) is 4.98 Å². The van der Waals surface area contributed by atoms with E-state index in [0.717, 1.165) is 11.9 Å². The summed E-state index contributed by atoms with van der Waals surface area (Å²) in [4.78, 5) is 4.45. The predicted octanol–water partition coefficient (Wildman–Crippen LogP) is 3.44. The van der Waals surface area contributed by atoms with E-state index in [1.807, 2.05) is 6.07 Å². The molecular weight excluding hydrogens is 234 g/mol. The summed E-state index contributed by atoms with van der Waals surface area (Å²) >= 11 is 1.79. The summed E-state index contributed by atoms with van der Waals surface area (Å²) in [6.07, 6.45) is 1.04. The van der Waals surface area contributed by atoms with Crippen molar-refractivity contribution in [3.63, 3.8) is 0 Å². The van der Waals surface area contributed by atoms with Crippen LogP contribution in [0.3, 0.4) is 0 Å². The van der Waals surface area contributed by atoms with E-state index in [1.54, 1.807) is 11.3 Å². The first-order valence-electron chi connectivity index (χ1n) is 3.74. The third kappa shape index (κ3) is 1.67. The average molecular weight is 244 g/mol. The SMILES string of the molecule is Br.CCc1nc2ccccc2s1. The van der Waals surface area contributed by atoms with Crippen LogP contribution in [-0.2, 0) is 6.42 Å².